The van der Waals surface area contributed by atoms with Crippen molar-refractivity contribution >= 4 is 0 Å². The third-order valence-corrected chi connectivity index (χ3v) is 3.12. The van der Waals surface area contributed by atoms with Crippen molar-refractivity contribution in [3.05, 3.63) is 18.2 Å². The van der Waals surface area contributed by atoms with Gasteiger partial charge in [0.1, 0.15) is 5.82 Å². The summed E-state index contributed by atoms with van der Waals surface area (Å²) in [4.78, 5) is 4.34. The van der Waals surface area contributed by atoms with E-state index in [1.807, 2.05) is 12.4 Å². The van der Waals surface area contributed by atoms with E-state index < -0.39 is 0 Å². The summed E-state index contributed by atoms with van der Waals surface area (Å²) in [5, 5.41) is 0. The molecule has 0 aliphatic rings. The molecule has 0 bridgehead atoms. The molecule has 0 amide bonds. The summed E-state index contributed by atoms with van der Waals surface area (Å²) in [5.41, 5.74) is 6.33. The molecular formula is C11H21N3. The fourth-order valence-electron chi connectivity index (χ4n) is 1.44. The van der Waals surface area contributed by atoms with Gasteiger partial charge in [-0.1, -0.05) is 20.8 Å². The Hall–Kier alpha value is -0.830. The molecule has 1 rings (SSSR count). The number of nitrogens with zero attached hydrogens (tertiary/aromatic N) is 2. The minimum absolute atomic E-state index is 0.0162. The number of aromatic nitrogens is 2. The molecule has 0 fully saturated rings. The Morgan fingerprint density at radius 2 is 2.14 bits per heavy atom. The Morgan fingerprint density at radius 3 is 2.64 bits per heavy atom. The van der Waals surface area contributed by atoms with E-state index in [-0.39, 0.29) is 11.5 Å². The zero-order chi connectivity index (χ0) is 10.8. The quantitative estimate of drug-likeness (QED) is 0.801. The van der Waals surface area contributed by atoms with Gasteiger partial charge in [0.2, 0.25) is 0 Å². The minimum Gasteiger partial charge on any atom is -0.334 e. The van der Waals surface area contributed by atoms with Gasteiger partial charge in [0.15, 0.2) is 0 Å². The minimum atomic E-state index is 0.0162. The summed E-state index contributed by atoms with van der Waals surface area (Å²) < 4.78 is 2.11. The smallest absolute Gasteiger partial charge is 0.126 e. The normalized spacial score (nSPS) is 14.4. The molecule has 1 aromatic rings. The summed E-state index contributed by atoms with van der Waals surface area (Å²) in [7, 11) is 0. The number of hydrogen-bond acceptors (Lipinski definition) is 2. The Morgan fingerprint density at radius 1 is 1.50 bits per heavy atom. The van der Waals surface area contributed by atoms with Crippen LogP contribution in [-0.4, -0.2) is 9.55 Å². The molecule has 1 atom stereocenters. The van der Waals surface area contributed by atoms with E-state index in [0.717, 1.165) is 18.8 Å². The Kier molecular flexibility index (Phi) is 3.32. The molecule has 0 aliphatic heterocycles. The van der Waals surface area contributed by atoms with Gasteiger partial charge in [0, 0.05) is 18.9 Å². The van der Waals surface area contributed by atoms with E-state index in [1.165, 1.54) is 0 Å². The van der Waals surface area contributed by atoms with Crippen LogP contribution in [0.1, 0.15) is 46.0 Å². The van der Waals surface area contributed by atoms with Crippen molar-refractivity contribution in [1.82, 2.24) is 9.55 Å². The zero-order valence-electron chi connectivity index (χ0n) is 9.62. The zero-order valence-corrected chi connectivity index (χ0v) is 9.62. The van der Waals surface area contributed by atoms with Crippen LogP contribution in [0.3, 0.4) is 0 Å². The van der Waals surface area contributed by atoms with E-state index in [0.29, 0.717) is 0 Å². The molecular weight excluding hydrogens is 174 g/mol. The highest BCUT2D eigenvalue weighted by Crippen LogP contribution is 2.33. The highest BCUT2D eigenvalue weighted by atomic mass is 15.1. The third kappa shape index (κ3) is 1.98. The van der Waals surface area contributed by atoms with Crippen molar-refractivity contribution in [3.8, 4) is 0 Å². The maximum absolute atomic E-state index is 6.22. The second-order valence-corrected chi connectivity index (χ2v) is 4.39. The molecule has 1 aromatic heterocycles. The number of nitrogens with two attached hydrogens (primary N) is 1. The third-order valence-electron chi connectivity index (χ3n) is 3.12. The summed E-state index contributed by atoms with van der Waals surface area (Å²) in [6, 6.07) is 0.0162. The largest absolute Gasteiger partial charge is 0.334 e. The molecule has 1 unspecified atom stereocenters. The van der Waals surface area contributed by atoms with Crippen LogP contribution >= 0.6 is 0 Å². The van der Waals surface area contributed by atoms with Crippen LogP contribution in [-0.2, 0) is 6.54 Å². The fraction of sp³-hybridized carbons (Fsp3) is 0.727. The lowest BCUT2D eigenvalue weighted by Gasteiger charge is -2.30. The number of hydrogen-bond donors (Lipinski definition) is 1. The number of imidazole rings is 1. The maximum Gasteiger partial charge on any atom is 0.126 e. The number of rotatable bonds is 4. The number of aryl methyl sites for hydroxylation is 1. The van der Waals surface area contributed by atoms with Crippen molar-refractivity contribution in [1.29, 1.82) is 0 Å². The first kappa shape index (κ1) is 11.2. The second-order valence-electron chi connectivity index (χ2n) is 4.39. The lowest BCUT2D eigenvalue weighted by molar-refractivity contribution is 0.264. The molecule has 0 radical (unpaired) electrons. The van der Waals surface area contributed by atoms with Crippen molar-refractivity contribution in [2.75, 3.05) is 0 Å². The van der Waals surface area contributed by atoms with Crippen LogP contribution in [0.5, 0.6) is 0 Å². The summed E-state index contributed by atoms with van der Waals surface area (Å²) >= 11 is 0. The van der Waals surface area contributed by atoms with E-state index in [1.54, 1.807) is 0 Å². The van der Waals surface area contributed by atoms with E-state index >= 15 is 0 Å². The summed E-state index contributed by atoms with van der Waals surface area (Å²) in [6.07, 6.45) is 4.87. The first-order valence-corrected chi connectivity index (χ1v) is 5.29. The van der Waals surface area contributed by atoms with Crippen LogP contribution in [0.2, 0.25) is 0 Å². The first-order valence-electron chi connectivity index (χ1n) is 5.29. The molecule has 0 saturated carbocycles. The predicted octanol–water partition coefficient (Wildman–Crippen LogP) is 2.34. The van der Waals surface area contributed by atoms with Gasteiger partial charge in [-0.15, -0.1) is 0 Å². The molecule has 80 valence electrons. The topological polar surface area (TPSA) is 43.8 Å². The van der Waals surface area contributed by atoms with Gasteiger partial charge in [0.25, 0.3) is 0 Å². The van der Waals surface area contributed by atoms with E-state index in [9.17, 15) is 0 Å². The molecule has 2 N–H and O–H groups in total. The van der Waals surface area contributed by atoms with Crippen molar-refractivity contribution in [3.63, 3.8) is 0 Å². The Labute approximate surface area is 86.3 Å². The summed E-state index contributed by atoms with van der Waals surface area (Å²) in [5.74, 6) is 0.999. The average Bonchev–Trinajstić information content (AvgIpc) is 2.64. The average molecular weight is 195 g/mol. The van der Waals surface area contributed by atoms with Gasteiger partial charge < -0.3 is 10.3 Å². The molecule has 0 aliphatic carbocycles. The SMILES string of the molecule is CCn1ccnc1C(N)C(C)(C)CC. The Bertz CT molecular complexity index is 288. The van der Waals surface area contributed by atoms with Gasteiger partial charge in [-0.25, -0.2) is 4.98 Å². The van der Waals surface area contributed by atoms with Gasteiger partial charge in [-0.3, -0.25) is 0 Å². The summed E-state index contributed by atoms with van der Waals surface area (Å²) in [6.45, 7) is 9.58. The molecule has 0 saturated heterocycles. The monoisotopic (exact) mass is 195 g/mol. The van der Waals surface area contributed by atoms with E-state index in [4.69, 9.17) is 5.73 Å². The molecule has 3 nitrogen and oxygen atoms in total. The van der Waals surface area contributed by atoms with Crippen molar-refractivity contribution in [2.45, 2.75) is 46.7 Å². The highest BCUT2D eigenvalue weighted by Gasteiger charge is 2.28. The molecule has 14 heavy (non-hydrogen) atoms. The van der Waals surface area contributed by atoms with Gasteiger partial charge in [-0.2, -0.15) is 0 Å². The van der Waals surface area contributed by atoms with Crippen molar-refractivity contribution in [2.24, 2.45) is 11.1 Å². The second kappa shape index (κ2) is 4.13. The van der Waals surface area contributed by atoms with Crippen LogP contribution in [0, 0.1) is 5.41 Å². The van der Waals surface area contributed by atoms with Crippen molar-refractivity contribution < 1.29 is 0 Å². The lowest BCUT2D eigenvalue weighted by atomic mass is 9.82. The fourth-order valence-corrected chi connectivity index (χ4v) is 1.44. The molecule has 3 heteroatoms. The van der Waals surface area contributed by atoms with Gasteiger partial charge in [-0.05, 0) is 18.8 Å². The molecule has 0 aromatic carbocycles. The van der Waals surface area contributed by atoms with Crippen LogP contribution in [0.4, 0.5) is 0 Å². The van der Waals surface area contributed by atoms with Gasteiger partial charge in [0.05, 0.1) is 6.04 Å². The molecule has 0 spiro atoms. The highest BCUT2D eigenvalue weighted by molar-refractivity contribution is 5.03. The van der Waals surface area contributed by atoms with Crippen LogP contribution in [0.25, 0.3) is 0 Å². The lowest BCUT2D eigenvalue weighted by Crippen LogP contribution is -2.31. The van der Waals surface area contributed by atoms with E-state index in [2.05, 4.69) is 37.2 Å². The molecule has 1 heterocycles. The maximum atomic E-state index is 6.22. The van der Waals surface area contributed by atoms with Crippen LogP contribution in [0.15, 0.2) is 12.4 Å². The standard InChI is InChI=1S/C11H21N3/c1-5-11(3,4)9(12)10-13-7-8-14(10)6-2/h7-9H,5-6,12H2,1-4H3. The Balaban J connectivity index is 2.94. The predicted molar refractivity (Wildman–Crippen MR) is 58.9 cm³/mol. The van der Waals surface area contributed by atoms with Gasteiger partial charge >= 0.3 is 0 Å². The van der Waals surface area contributed by atoms with Crippen LogP contribution < -0.4 is 5.73 Å². The first-order chi connectivity index (χ1) is 6.53.